The van der Waals surface area contributed by atoms with Crippen molar-refractivity contribution in [3.05, 3.63) is 54.1 Å². The van der Waals surface area contributed by atoms with Gasteiger partial charge in [-0.3, -0.25) is 4.72 Å². The van der Waals surface area contributed by atoms with Crippen LogP contribution in [0.3, 0.4) is 0 Å². The Bertz CT molecular complexity index is 694. The average molecular weight is 321 g/mol. The van der Waals surface area contributed by atoms with E-state index in [1.54, 1.807) is 55.6 Å². The zero-order valence-electron chi connectivity index (χ0n) is 12.6. The van der Waals surface area contributed by atoms with E-state index in [9.17, 15) is 8.42 Å². The van der Waals surface area contributed by atoms with Crippen LogP contribution in [0.25, 0.3) is 0 Å². The Morgan fingerprint density at radius 1 is 1.00 bits per heavy atom. The van der Waals surface area contributed by atoms with Crippen molar-refractivity contribution in [3.63, 3.8) is 0 Å². The van der Waals surface area contributed by atoms with Gasteiger partial charge in [-0.1, -0.05) is 12.1 Å². The van der Waals surface area contributed by atoms with Gasteiger partial charge in [-0.15, -0.1) is 0 Å². The molecule has 0 aliphatic rings. The molecule has 0 amide bonds. The van der Waals surface area contributed by atoms with E-state index in [1.165, 1.54) is 0 Å². The molecule has 6 heteroatoms. The van der Waals surface area contributed by atoms with Gasteiger partial charge >= 0.3 is 0 Å². The molecule has 1 N–H and O–H groups in total. The molecule has 0 atom stereocenters. The molecule has 0 saturated carbocycles. The maximum Gasteiger partial charge on any atom is 0.261 e. The average Bonchev–Trinajstić information content (AvgIpc) is 2.50. The molecule has 118 valence electrons. The Morgan fingerprint density at radius 3 is 2.18 bits per heavy atom. The van der Waals surface area contributed by atoms with Gasteiger partial charge in [0.1, 0.15) is 5.75 Å². The van der Waals surface area contributed by atoms with E-state index in [1.807, 2.05) is 6.92 Å². The molecule has 0 saturated heterocycles. The third-order valence-electron chi connectivity index (χ3n) is 2.96. The first-order valence-electron chi connectivity index (χ1n) is 6.88. The van der Waals surface area contributed by atoms with Crippen LogP contribution in [-0.4, -0.2) is 22.1 Å². The van der Waals surface area contributed by atoms with Crippen LogP contribution < -0.4 is 9.46 Å². The zero-order valence-corrected chi connectivity index (χ0v) is 13.4. The quantitative estimate of drug-likeness (QED) is 0.851. The fourth-order valence-electron chi connectivity index (χ4n) is 1.93. The largest absolute Gasteiger partial charge is 0.494 e. The van der Waals surface area contributed by atoms with Gasteiger partial charge in [-0.25, -0.2) is 8.42 Å². The summed E-state index contributed by atoms with van der Waals surface area (Å²) in [5.74, 6) is 0.703. The van der Waals surface area contributed by atoms with Crippen LogP contribution in [0.1, 0.15) is 12.5 Å². The van der Waals surface area contributed by atoms with E-state index in [4.69, 9.17) is 9.47 Å². The number of nitrogens with one attached hydrogen (secondary N) is 1. The summed E-state index contributed by atoms with van der Waals surface area (Å²) in [6.07, 6.45) is 0. The van der Waals surface area contributed by atoms with Crippen molar-refractivity contribution < 1.29 is 17.9 Å². The monoisotopic (exact) mass is 321 g/mol. The summed E-state index contributed by atoms with van der Waals surface area (Å²) in [7, 11) is -2.01. The number of ether oxygens (including phenoxy) is 2. The summed E-state index contributed by atoms with van der Waals surface area (Å²) in [5.41, 5.74) is 1.41. The van der Waals surface area contributed by atoms with Crippen LogP contribution in [0.15, 0.2) is 53.4 Å². The normalized spacial score (nSPS) is 11.2. The van der Waals surface area contributed by atoms with Gasteiger partial charge in [0.2, 0.25) is 0 Å². The van der Waals surface area contributed by atoms with Crippen molar-refractivity contribution in [2.75, 3.05) is 18.4 Å². The molecule has 0 aliphatic heterocycles. The summed E-state index contributed by atoms with van der Waals surface area (Å²) < 4.78 is 37.5. The lowest BCUT2D eigenvalue weighted by Gasteiger charge is -2.10. The SMILES string of the molecule is CCOc1ccc(NS(=O)(=O)c2ccc(COC)cc2)cc1. The second-order valence-electron chi connectivity index (χ2n) is 4.64. The van der Waals surface area contributed by atoms with Gasteiger partial charge in [-0.05, 0) is 48.9 Å². The van der Waals surface area contributed by atoms with Crippen LogP contribution in [0.5, 0.6) is 5.75 Å². The minimum atomic E-state index is -3.60. The number of anilines is 1. The van der Waals surface area contributed by atoms with Crippen LogP contribution in [-0.2, 0) is 21.4 Å². The van der Waals surface area contributed by atoms with E-state index in [-0.39, 0.29) is 4.90 Å². The lowest BCUT2D eigenvalue weighted by molar-refractivity contribution is 0.185. The van der Waals surface area contributed by atoms with Gasteiger partial charge in [-0.2, -0.15) is 0 Å². The fourth-order valence-corrected chi connectivity index (χ4v) is 2.99. The summed E-state index contributed by atoms with van der Waals surface area (Å²) in [6, 6.07) is 13.4. The topological polar surface area (TPSA) is 64.6 Å². The molecule has 0 bridgehead atoms. The summed E-state index contributed by atoms with van der Waals surface area (Å²) in [5, 5.41) is 0. The molecule has 5 nitrogen and oxygen atoms in total. The maximum absolute atomic E-state index is 12.3. The van der Waals surface area contributed by atoms with Crippen molar-refractivity contribution in [1.29, 1.82) is 0 Å². The molecule has 0 radical (unpaired) electrons. The van der Waals surface area contributed by atoms with Gasteiger partial charge in [0.15, 0.2) is 0 Å². The number of rotatable bonds is 7. The number of benzene rings is 2. The zero-order chi connectivity index (χ0) is 16.0. The molecular weight excluding hydrogens is 302 g/mol. The summed E-state index contributed by atoms with van der Waals surface area (Å²) in [6.45, 7) is 2.91. The first kappa shape index (κ1) is 16.3. The Morgan fingerprint density at radius 2 is 1.64 bits per heavy atom. The minimum absolute atomic E-state index is 0.209. The molecular formula is C16H19NO4S. The van der Waals surface area contributed by atoms with Crippen LogP contribution in [0.2, 0.25) is 0 Å². The Hall–Kier alpha value is -2.05. The smallest absolute Gasteiger partial charge is 0.261 e. The third-order valence-corrected chi connectivity index (χ3v) is 4.36. The molecule has 22 heavy (non-hydrogen) atoms. The van der Waals surface area contributed by atoms with E-state index in [0.717, 1.165) is 5.56 Å². The van der Waals surface area contributed by atoms with Crippen LogP contribution >= 0.6 is 0 Å². The minimum Gasteiger partial charge on any atom is -0.494 e. The number of hydrogen-bond donors (Lipinski definition) is 1. The van der Waals surface area contributed by atoms with E-state index >= 15 is 0 Å². The van der Waals surface area contributed by atoms with E-state index < -0.39 is 10.0 Å². The molecule has 0 unspecified atom stereocenters. The molecule has 0 spiro atoms. The molecule has 2 rings (SSSR count). The van der Waals surface area contributed by atoms with Gasteiger partial charge < -0.3 is 9.47 Å². The number of methoxy groups -OCH3 is 1. The van der Waals surface area contributed by atoms with Gasteiger partial charge in [0, 0.05) is 12.8 Å². The van der Waals surface area contributed by atoms with Crippen molar-refractivity contribution in [2.24, 2.45) is 0 Å². The van der Waals surface area contributed by atoms with Crippen molar-refractivity contribution in [1.82, 2.24) is 0 Å². The van der Waals surface area contributed by atoms with Crippen LogP contribution in [0.4, 0.5) is 5.69 Å². The van der Waals surface area contributed by atoms with Crippen molar-refractivity contribution in [3.8, 4) is 5.75 Å². The van der Waals surface area contributed by atoms with Gasteiger partial charge in [0.05, 0.1) is 18.1 Å². The molecule has 0 fully saturated rings. The molecule has 0 aliphatic carbocycles. The summed E-state index contributed by atoms with van der Waals surface area (Å²) >= 11 is 0. The second kappa shape index (κ2) is 7.29. The van der Waals surface area contributed by atoms with E-state index in [0.29, 0.717) is 24.7 Å². The highest BCUT2D eigenvalue weighted by Crippen LogP contribution is 2.20. The van der Waals surface area contributed by atoms with Gasteiger partial charge in [0.25, 0.3) is 10.0 Å². The van der Waals surface area contributed by atoms with Crippen molar-refractivity contribution in [2.45, 2.75) is 18.4 Å². The lowest BCUT2D eigenvalue weighted by atomic mass is 10.2. The highest BCUT2D eigenvalue weighted by Gasteiger charge is 2.14. The predicted octanol–water partition coefficient (Wildman–Crippen LogP) is 3.03. The maximum atomic E-state index is 12.3. The molecule has 0 aromatic heterocycles. The standard InChI is InChI=1S/C16H19NO4S/c1-3-21-15-8-6-14(7-9-15)17-22(18,19)16-10-4-13(5-11-16)12-20-2/h4-11,17H,3,12H2,1-2H3. The highest BCUT2D eigenvalue weighted by atomic mass is 32.2. The lowest BCUT2D eigenvalue weighted by Crippen LogP contribution is -2.12. The molecule has 2 aromatic rings. The van der Waals surface area contributed by atoms with Crippen molar-refractivity contribution >= 4 is 15.7 Å². The Balaban J connectivity index is 2.12. The molecule has 0 heterocycles. The predicted molar refractivity (Wildman–Crippen MR) is 85.6 cm³/mol. The highest BCUT2D eigenvalue weighted by molar-refractivity contribution is 7.92. The summed E-state index contributed by atoms with van der Waals surface area (Å²) in [4.78, 5) is 0.209. The Kier molecular flexibility index (Phi) is 5.41. The first-order chi connectivity index (χ1) is 10.5. The van der Waals surface area contributed by atoms with Crippen LogP contribution in [0, 0.1) is 0 Å². The van der Waals surface area contributed by atoms with E-state index in [2.05, 4.69) is 4.72 Å². The fraction of sp³-hybridized carbons (Fsp3) is 0.250. The first-order valence-corrected chi connectivity index (χ1v) is 8.37. The molecule has 2 aromatic carbocycles. The second-order valence-corrected chi connectivity index (χ2v) is 6.32. The number of sulfonamides is 1. The third kappa shape index (κ3) is 4.22. The number of hydrogen-bond acceptors (Lipinski definition) is 4. The Labute approximate surface area is 130 Å².